The summed E-state index contributed by atoms with van der Waals surface area (Å²) in [6.45, 7) is 4.43. The van der Waals surface area contributed by atoms with E-state index in [2.05, 4.69) is 9.88 Å². The van der Waals surface area contributed by atoms with Crippen molar-refractivity contribution >= 4 is 5.91 Å². The summed E-state index contributed by atoms with van der Waals surface area (Å²) in [5, 5.41) is 0. The summed E-state index contributed by atoms with van der Waals surface area (Å²) in [5.41, 5.74) is 0.992. The molecule has 0 bridgehead atoms. The van der Waals surface area contributed by atoms with Crippen LogP contribution in [0.3, 0.4) is 0 Å². The molecule has 6 nitrogen and oxygen atoms in total. The van der Waals surface area contributed by atoms with Gasteiger partial charge in [-0.15, -0.1) is 0 Å². The minimum Gasteiger partial charge on any atom is -0.340 e. The number of carbonyl (C=O) groups excluding carboxylic acids is 1. The molecule has 0 radical (unpaired) electrons. The van der Waals surface area contributed by atoms with E-state index < -0.39 is 0 Å². The molecule has 3 rings (SSSR count). The van der Waals surface area contributed by atoms with Crippen molar-refractivity contribution in [2.45, 2.75) is 19.5 Å². The Morgan fingerprint density at radius 2 is 1.83 bits per heavy atom. The fraction of sp³-hybridized carbons (Fsp3) is 0.389. The average Bonchev–Trinajstić information content (AvgIpc) is 2.62. The molecule has 0 unspecified atom stereocenters. The summed E-state index contributed by atoms with van der Waals surface area (Å²) in [4.78, 5) is 32.5. The van der Waals surface area contributed by atoms with Crippen LogP contribution in [0.25, 0.3) is 0 Å². The largest absolute Gasteiger partial charge is 0.340 e. The van der Waals surface area contributed by atoms with Gasteiger partial charge in [-0.25, -0.2) is 0 Å². The van der Waals surface area contributed by atoms with Gasteiger partial charge in [0.25, 0.3) is 5.56 Å². The van der Waals surface area contributed by atoms with Crippen LogP contribution in [-0.4, -0.2) is 51.4 Å². The van der Waals surface area contributed by atoms with E-state index in [4.69, 9.17) is 0 Å². The molecule has 1 fully saturated rings. The second kappa shape index (κ2) is 7.88. The van der Waals surface area contributed by atoms with E-state index in [1.807, 2.05) is 29.2 Å². The molecule has 0 aromatic carbocycles. The van der Waals surface area contributed by atoms with E-state index in [9.17, 15) is 9.59 Å². The van der Waals surface area contributed by atoms with Crippen LogP contribution in [-0.2, 0) is 17.9 Å². The Labute approximate surface area is 141 Å². The Balaban J connectivity index is 1.45. The van der Waals surface area contributed by atoms with Gasteiger partial charge in [0.05, 0.1) is 5.69 Å². The smallest absolute Gasteiger partial charge is 0.250 e. The number of nitrogens with zero attached hydrogens (tertiary/aromatic N) is 4. The molecule has 1 amide bonds. The zero-order chi connectivity index (χ0) is 16.8. The third-order valence-electron chi connectivity index (χ3n) is 4.30. The Hall–Kier alpha value is -2.47. The predicted molar refractivity (Wildman–Crippen MR) is 91.4 cm³/mol. The Kier molecular flexibility index (Phi) is 5.38. The first-order valence-electron chi connectivity index (χ1n) is 8.28. The molecule has 0 saturated carbocycles. The van der Waals surface area contributed by atoms with Crippen LogP contribution in [0.5, 0.6) is 0 Å². The SMILES string of the molecule is O=C(CCn1ccccc1=O)N1CCN(Cc2ccccn2)CC1. The van der Waals surface area contributed by atoms with E-state index in [0.717, 1.165) is 38.4 Å². The maximum absolute atomic E-state index is 12.3. The first-order valence-corrected chi connectivity index (χ1v) is 8.28. The van der Waals surface area contributed by atoms with Crippen molar-refractivity contribution in [2.75, 3.05) is 26.2 Å². The average molecular weight is 326 g/mol. The van der Waals surface area contributed by atoms with Gasteiger partial charge >= 0.3 is 0 Å². The topological polar surface area (TPSA) is 58.4 Å². The van der Waals surface area contributed by atoms with Crippen molar-refractivity contribution < 1.29 is 4.79 Å². The number of rotatable bonds is 5. The van der Waals surface area contributed by atoms with E-state index in [0.29, 0.717) is 13.0 Å². The molecule has 126 valence electrons. The fourth-order valence-electron chi connectivity index (χ4n) is 2.90. The lowest BCUT2D eigenvalue weighted by molar-refractivity contribution is -0.133. The third kappa shape index (κ3) is 4.29. The molecule has 3 heterocycles. The summed E-state index contributed by atoms with van der Waals surface area (Å²) in [6, 6.07) is 11.0. The summed E-state index contributed by atoms with van der Waals surface area (Å²) in [5.74, 6) is 0.114. The lowest BCUT2D eigenvalue weighted by atomic mass is 10.2. The Morgan fingerprint density at radius 3 is 2.54 bits per heavy atom. The van der Waals surface area contributed by atoms with Gasteiger partial charge in [0, 0.05) is 64.1 Å². The van der Waals surface area contributed by atoms with Crippen LogP contribution < -0.4 is 5.56 Å². The standard InChI is InChI=1S/C18H22N4O2/c23-17-6-2-4-9-21(17)10-7-18(24)22-13-11-20(12-14-22)15-16-5-1-3-8-19-16/h1-6,8-9H,7,10-15H2. The molecular formula is C18H22N4O2. The van der Waals surface area contributed by atoms with Crippen molar-refractivity contribution in [1.82, 2.24) is 19.4 Å². The molecule has 0 spiro atoms. The van der Waals surface area contributed by atoms with Gasteiger partial charge in [0.2, 0.25) is 5.91 Å². The van der Waals surface area contributed by atoms with E-state index in [-0.39, 0.29) is 11.5 Å². The van der Waals surface area contributed by atoms with Gasteiger partial charge in [-0.05, 0) is 18.2 Å². The van der Waals surface area contributed by atoms with Crippen molar-refractivity contribution in [1.29, 1.82) is 0 Å². The van der Waals surface area contributed by atoms with Gasteiger partial charge in [-0.1, -0.05) is 12.1 Å². The number of pyridine rings is 2. The first kappa shape index (κ1) is 16.4. The van der Waals surface area contributed by atoms with Gasteiger partial charge in [-0.3, -0.25) is 19.5 Å². The van der Waals surface area contributed by atoms with E-state index >= 15 is 0 Å². The quantitative estimate of drug-likeness (QED) is 0.822. The molecule has 0 N–H and O–H groups in total. The van der Waals surface area contributed by atoms with Crippen molar-refractivity contribution in [3.63, 3.8) is 0 Å². The summed E-state index contributed by atoms with van der Waals surface area (Å²) >= 11 is 0. The third-order valence-corrected chi connectivity index (χ3v) is 4.30. The Bertz CT molecular complexity index is 721. The van der Waals surface area contributed by atoms with Crippen LogP contribution in [0, 0.1) is 0 Å². The summed E-state index contributed by atoms with van der Waals surface area (Å²) in [6.07, 6.45) is 3.89. The number of hydrogen-bond donors (Lipinski definition) is 0. The number of aryl methyl sites for hydroxylation is 1. The molecule has 1 saturated heterocycles. The highest BCUT2D eigenvalue weighted by molar-refractivity contribution is 5.76. The minimum atomic E-state index is -0.0644. The van der Waals surface area contributed by atoms with Gasteiger partial charge < -0.3 is 9.47 Å². The van der Waals surface area contributed by atoms with Crippen LogP contribution in [0.15, 0.2) is 53.6 Å². The molecule has 24 heavy (non-hydrogen) atoms. The van der Waals surface area contributed by atoms with Gasteiger partial charge in [0.1, 0.15) is 0 Å². The highest BCUT2D eigenvalue weighted by Crippen LogP contribution is 2.08. The van der Waals surface area contributed by atoms with Crippen LogP contribution in [0.1, 0.15) is 12.1 Å². The monoisotopic (exact) mass is 326 g/mol. The number of hydrogen-bond acceptors (Lipinski definition) is 4. The zero-order valence-electron chi connectivity index (χ0n) is 13.7. The summed E-state index contributed by atoms with van der Waals surface area (Å²) < 4.78 is 1.58. The number of aromatic nitrogens is 2. The van der Waals surface area contributed by atoms with Crippen molar-refractivity contribution in [3.8, 4) is 0 Å². The summed E-state index contributed by atoms with van der Waals surface area (Å²) in [7, 11) is 0. The second-order valence-corrected chi connectivity index (χ2v) is 5.96. The minimum absolute atomic E-state index is 0.0644. The zero-order valence-corrected chi connectivity index (χ0v) is 13.7. The van der Waals surface area contributed by atoms with Crippen LogP contribution >= 0.6 is 0 Å². The molecule has 1 aliphatic rings. The highest BCUT2D eigenvalue weighted by Gasteiger charge is 2.21. The van der Waals surface area contributed by atoms with E-state index in [1.54, 1.807) is 23.0 Å². The van der Waals surface area contributed by atoms with E-state index in [1.165, 1.54) is 6.07 Å². The molecule has 1 aliphatic heterocycles. The second-order valence-electron chi connectivity index (χ2n) is 5.96. The first-order chi connectivity index (χ1) is 11.7. The number of piperazine rings is 1. The lowest BCUT2D eigenvalue weighted by Crippen LogP contribution is -2.48. The molecule has 0 atom stereocenters. The Morgan fingerprint density at radius 1 is 1.04 bits per heavy atom. The fourth-order valence-corrected chi connectivity index (χ4v) is 2.90. The molecule has 2 aromatic rings. The van der Waals surface area contributed by atoms with Crippen LogP contribution in [0.4, 0.5) is 0 Å². The highest BCUT2D eigenvalue weighted by atomic mass is 16.2. The molecule has 6 heteroatoms. The van der Waals surface area contributed by atoms with Crippen molar-refractivity contribution in [3.05, 3.63) is 64.8 Å². The molecular weight excluding hydrogens is 304 g/mol. The normalized spacial score (nSPS) is 15.4. The van der Waals surface area contributed by atoms with Crippen LogP contribution in [0.2, 0.25) is 0 Å². The maximum atomic E-state index is 12.3. The maximum Gasteiger partial charge on any atom is 0.250 e. The van der Waals surface area contributed by atoms with Gasteiger partial charge in [-0.2, -0.15) is 0 Å². The lowest BCUT2D eigenvalue weighted by Gasteiger charge is -2.34. The molecule has 2 aromatic heterocycles. The predicted octanol–water partition coefficient (Wildman–Crippen LogP) is 0.978. The molecule has 0 aliphatic carbocycles. The van der Waals surface area contributed by atoms with Crippen molar-refractivity contribution in [2.24, 2.45) is 0 Å². The number of amides is 1. The number of carbonyl (C=O) groups is 1. The van der Waals surface area contributed by atoms with Gasteiger partial charge in [0.15, 0.2) is 0 Å².